The molecule has 0 spiro atoms. The first-order chi connectivity index (χ1) is 12.1. The number of likely N-dealkylation sites (N-methyl/N-ethyl adjacent to an activating group) is 1. The number of aromatic nitrogens is 2. The predicted molar refractivity (Wildman–Crippen MR) is 101 cm³/mol. The zero-order chi connectivity index (χ0) is 17.8. The second kappa shape index (κ2) is 8.35. The lowest BCUT2D eigenvalue weighted by atomic mass is 9.87. The van der Waals surface area contributed by atoms with Crippen molar-refractivity contribution in [2.45, 2.75) is 70.9 Å². The van der Waals surface area contributed by atoms with Crippen molar-refractivity contribution >= 4 is 5.91 Å². The molecule has 1 amide bonds. The van der Waals surface area contributed by atoms with E-state index in [1.165, 1.54) is 32.1 Å². The minimum atomic E-state index is 0.293. The third kappa shape index (κ3) is 4.43. The molecule has 1 aromatic rings. The predicted octanol–water partition coefficient (Wildman–Crippen LogP) is 3.12. The number of hydrogen-bond acceptors (Lipinski definition) is 3. The van der Waals surface area contributed by atoms with Crippen molar-refractivity contribution < 1.29 is 4.79 Å². The molecule has 1 saturated heterocycles. The van der Waals surface area contributed by atoms with E-state index < -0.39 is 0 Å². The molecule has 2 fully saturated rings. The number of nitrogens with zero attached hydrogens (tertiary/aromatic N) is 4. The maximum absolute atomic E-state index is 12.8. The summed E-state index contributed by atoms with van der Waals surface area (Å²) in [5.41, 5.74) is 0. The average molecular weight is 347 g/mol. The number of hydrogen-bond donors (Lipinski definition) is 0. The van der Waals surface area contributed by atoms with Gasteiger partial charge in [0.1, 0.15) is 5.82 Å². The molecule has 5 nitrogen and oxygen atoms in total. The van der Waals surface area contributed by atoms with Crippen LogP contribution in [0.1, 0.15) is 64.2 Å². The molecule has 1 aliphatic heterocycles. The number of likely N-dealkylation sites (tertiary alicyclic amines) is 1. The Balaban J connectivity index is 1.54. The van der Waals surface area contributed by atoms with Crippen LogP contribution in [-0.4, -0.2) is 58.0 Å². The van der Waals surface area contributed by atoms with Crippen LogP contribution in [0, 0.1) is 5.92 Å². The van der Waals surface area contributed by atoms with E-state index in [4.69, 9.17) is 0 Å². The van der Waals surface area contributed by atoms with Gasteiger partial charge >= 0.3 is 0 Å². The Bertz CT molecular complexity index is 562. The van der Waals surface area contributed by atoms with Crippen LogP contribution in [0.4, 0.5) is 0 Å². The van der Waals surface area contributed by atoms with E-state index in [2.05, 4.69) is 34.5 Å². The van der Waals surface area contributed by atoms with Crippen molar-refractivity contribution in [3.8, 4) is 0 Å². The van der Waals surface area contributed by atoms with Crippen molar-refractivity contribution in [2.24, 2.45) is 5.92 Å². The number of rotatable bonds is 5. The third-order valence-corrected chi connectivity index (χ3v) is 6.22. The van der Waals surface area contributed by atoms with Gasteiger partial charge < -0.3 is 9.47 Å². The molecule has 5 heteroatoms. The number of aryl methyl sites for hydroxylation is 1. The van der Waals surface area contributed by atoms with Crippen molar-refractivity contribution in [2.75, 3.05) is 26.7 Å². The van der Waals surface area contributed by atoms with Gasteiger partial charge in [0.25, 0.3) is 0 Å². The highest BCUT2D eigenvalue weighted by molar-refractivity contribution is 5.78. The van der Waals surface area contributed by atoms with Gasteiger partial charge in [-0.25, -0.2) is 4.98 Å². The van der Waals surface area contributed by atoms with Gasteiger partial charge in [0.05, 0.1) is 6.54 Å². The number of amides is 1. The molecule has 1 atom stereocenters. The Morgan fingerprint density at radius 2 is 2.04 bits per heavy atom. The third-order valence-electron chi connectivity index (χ3n) is 6.22. The average Bonchev–Trinajstić information content (AvgIpc) is 3.11. The standard InChI is InChI=1S/C20H34N4O/c1-4-19-21-11-13-24(19)18-6-5-12-23(14-18)15-20(25)22(3)17-9-7-16(2)8-10-17/h11,13,16-18H,4-10,12,14-15H2,1-3H3. The first kappa shape index (κ1) is 18.4. The van der Waals surface area contributed by atoms with Gasteiger partial charge in [-0.3, -0.25) is 9.69 Å². The maximum atomic E-state index is 12.8. The molecule has 1 aliphatic carbocycles. The van der Waals surface area contributed by atoms with E-state index >= 15 is 0 Å². The number of carbonyl (C=O) groups is 1. The van der Waals surface area contributed by atoms with Crippen molar-refractivity contribution in [3.63, 3.8) is 0 Å². The smallest absolute Gasteiger partial charge is 0.236 e. The lowest BCUT2D eigenvalue weighted by Gasteiger charge is -2.37. The molecule has 140 valence electrons. The zero-order valence-corrected chi connectivity index (χ0v) is 16.2. The summed E-state index contributed by atoms with van der Waals surface area (Å²) in [5, 5.41) is 0. The molecular weight excluding hydrogens is 312 g/mol. The lowest BCUT2D eigenvalue weighted by molar-refractivity contribution is -0.134. The van der Waals surface area contributed by atoms with Crippen molar-refractivity contribution in [1.29, 1.82) is 0 Å². The van der Waals surface area contributed by atoms with Gasteiger partial charge in [0.15, 0.2) is 0 Å². The fourth-order valence-corrected chi connectivity index (χ4v) is 4.49. The van der Waals surface area contributed by atoms with Crippen molar-refractivity contribution in [1.82, 2.24) is 19.4 Å². The summed E-state index contributed by atoms with van der Waals surface area (Å²) in [6.07, 6.45) is 12.2. The maximum Gasteiger partial charge on any atom is 0.236 e. The summed E-state index contributed by atoms with van der Waals surface area (Å²) >= 11 is 0. The minimum Gasteiger partial charge on any atom is -0.342 e. The van der Waals surface area contributed by atoms with E-state index in [-0.39, 0.29) is 0 Å². The first-order valence-corrected chi connectivity index (χ1v) is 10.1. The fraction of sp³-hybridized carbons (Fsp3) is 0.800. The highest BCUT2D eigenvalue weighted by atomic mass is 16.2. The van der Waals surface area contributed by atoms with E-state index in [1.807, 2.05) is 18.1 Å². The lowest BCUT2D eigenvalue weighted by Crippen LogP contribution is -2.47. The van der Waals surface area contributed by atoms with E-state index in [1.54, 1.807) is 0 Å². The van der Waals surface area contributed by atoms with Gasteiger partial charge in [-0.2, -0.15) is 0 Å². The quantitative estimate of drug-likeness (QED) is 0.822. The molecule has 0 aromatic carbocycles. The van der Waals surface area contributed by atoms with E-state index in [0.29, 0.717) is 24.5 Å². The van der Waals surface area contributed by atoms with Crippen LogP contribution in [0.15, 0.2) is 12.4 Å². The summed E-state index contributed by atoms with van der Waals surface area (Å²) in [4.78, 5) is 21.6. The van der Waals surface area contributed by atoms with Gasteiger partial charge in [-0.1, -0.05) is 13.8 Å². The second-order valence-corrected chi connectivity index (χ2v) is 8.05. The van der Waals surface area contributed by atoms with Crippen LogP contribution < -0.4 is 0 Å². The zero-order valence-electron chi connectivity index (χ0n) is 16.2. The summed E-state index contributed by atoms with van der Waals surface area (Å²) in [5.74, 6) is 2.28. The van der Waals surface area contributed by atoms with Gasteiger partial charge in [-0.15, -0.1) is 0 Å². The minimum absolute atomic E-state index is 0.293. The Hall–Kier alpha value is -1.36. The molecule has 1 saturated carbocycles. The Morgan fingerprint density at radius 1 is 1.28 bits per heavy atom. The molecule has 1 unspecified atom stereocenters. The Morgan fingerprint density at radius 3 is 2.76 bits per heavy atom. The molecule has 25 heavy (non-hydrogen) atoms. The SMILES string of the molecule is CCc1nccn1C1CCCN(CC(=O)N(C)C2CCC(C)CC2)C1. The number of imidazole rings is 1. The van der Waals surface area contributed by atoms with Crippen LogP contribution in [0.25, 0.3) is 0 Å². The molecule has 0 radical (unpaired) electrons. The molecular formula is C20H34N4O. The topological polar surface area (TPSA) is 41.4 Å². The monoisotopic (exact) mass is 346 g/mol. The van der Waals surface area contributed by atoms with Gasteiger partial charge in [0, 0.05) is 44.5 Å². The number of carbonyl (C=O) groups excluding carboxylic acids is 1. The highest BCUT2D eigenvalue weighted by Gasteiger charge is 2.28. The Kier molecular flexibility index (Phi) is 6.15. The van der Waals surface area contributed by atoms with Crippen LogP contribution in [0.3, 0.4) is 0 Å². The first-order valence-electron chi connectivity index (χ1n) is 10.1. The summed E-state index contributed by atoms with van der Waals surface area (Å²) in [6, 6.07) is 0.907. The summed E-state index contributed by atoms with van der Waals surface area (Å²) in [6.45, 7) is 7.04. The molecule has 2 aliphatic rings. The van der Waals surface area contributed by atoms with Gasteiger partial charge in [-0.05, 0) is 51.0 Å². The summed E-state index contributed by atoms with van der Waals surface area (Å²) < 4.78 is 2.32. The second-order valence-electron chi connectivity index (χ2n) is 8.05. The fourth-order valence-electron chi connectivity index (χ4n) is 4.49. The van der Waals surface area contributed by atoms with Crippen LogP contribution in [0.5, 0.6) is 0 Å². The largest absolute Gasteiger partial charge is 0.342 e. The van der Waals surface area contributed by atoms with E-state index in [0.717, 1.165) is 37.7 Å². The molecule has 0 N–H and O–H groups in total. The van der Waals surface area contributed by atoms with Crippen molar-refractivity contribution in [3.05, 3.63) is 18.2 Å². The summed E-state index contributed by atoms with van der Waals surface area (Å²) in [7, 11) is 2.01. The Labute approximate surface area is 152 Å². The molecule has 1 aromatic heterocycles. The van der Waals surface area contributed by atoms with Crippen LogP contribution in [-0.2, 0) is 11.2 Å². The molecule has 2 heterocycles. The molecule has 3 rings (SSSR count). The number of piperidine rings is 1. The highest BCUT2D eigenvalue weighted by Crippen LogP contribution is 2.27. The van der Waals surface area contributed by atoms with Crippen LogP contribution >= 0.6 is 0 Å². The van der Waals surface area contributed by atoms with E-state index in [9.17, 15) is 4.79 Å². The van der Waals surface area contributed by atoms with Gasteiger partial charge in [0.2, 0.25) is 5.91 Å². The normalized spacial score (nSPS) is 28.0. The molecule has 0 bridgehead atoms. The van der Waals surface area contributed by atoms with Crippen LogP contribution in [0.2, 0.25) is 0 Å².